The van der Waals surface area contributed by atoms with E-state index < -0.39 is 0 Å². The highest BCUT2D eigenvalue weighted by atomic mass is 15.0. The van der Waals surface area contributed by atoms with Crippen LogP contribution in [0.2, 0.25) is 0 Å². The van der Waals surface area contributed by atoms with Crippen molar-refractivity contribution in [1.82, 2.24) is 19.9 Å². The minimum absolute atomic E-state index is 0.786. The minimum Gasteiger partial charge on any atom is -0.386 e. The van der Waals surface area contributed by atoms with Gasteiger partial charge in [-0.3, -0.25) is 0 Å². The summed E-state index contributed by atoms with van der Waals surface area (Å²) in [6, 6.07) is 25.7. The average molecular weight is 963 g/mol. The van der Waals surface area contributed by atoms with E-state index in [4.69, 9.17) is 9.97 Å². The number of hydrogen-bond acceptors (Lipinski definition) is 14. The Morgan fingerprint density at radius 1 is 0.250 bits per heavy atom. The summed E-state index contributed by atoms with van der Waals surface area (Å²) in [7, 11) is 23.3. The van der Waals surface area contributed by atoms with Crippen molar-refractivity contribution < 1.29 is 0 Å². The molecule has 72 heavy (non-hydrogen) atoms. The third-order valence-corrected chi connectivity index (χ3v) is 13.7. The first-order valence-electron chi connectivity index (χ1n) is 24.2. The minimum atomic E-state index is 0.786. The normalized spacial score (nSPS) is 11.5. The molecule has 16 heteroatoms. The molecule has 0 spiro atoms. The quantitative estimate of drug-likeness (QED) is 0.0436. The van der Waals surface area contributed by atoms with E-state index in [1.54, 1.807) is 0 Å². The lowest BCUT2D eigenvalue weighted by atomic mass is 9.99. The van der Waals surface area contributed by atoms with E-state index in [1.807, 2.05) is 84.6 Å². The second-order valence-corrected chi connectivity index (χ2v) is 17.1. The zero-order chi connectivity index (χ0) is 50.8. The molecule has 7 aromatic rings. The number of rotatable bonds is 16. The highest BCUT2D eigenvalue weighted by molar-refractivity contribution is 6.08. The Labute approximate surface area is 421 Å². The molecule has 0 fully saturated rings. The molecule has 16 nitrogen and oxygen atoms in total. The van der Waals surface area contributed by atoms with Crippen LogP contribution in [0.5, 0.6) is 0 Å². The molecule has 5 heterocycles. The van der Waals surface area contributed by atoms with Crippen LogP contribution in [-0.2, 0) is 0 Å². The van der Waals surface area contributed by atoms with Crippen LogP contribution in [0.4, 0.5) is 68.2 Å². The Hall–Kier alpha value is -8.92. The van der Waals surface area contributed by atoms with Gasteiger partial charge in [-0.25, -0.2) is 9.97 Å². The number of aromatic nitrogens is 4. The summed E-state index contributed by atoms with van der Waals surface area (Å²) in [4.78, 5) is 19.2. The van der Waals surface area contributed by atoms with E-state index in [-0.39, 0.29) is 0 Å². The zero-order valence-corrected chi connectivity index (χ0v) is 43.1. The van der Waals surface area contributed by atoms with Crippen LogP contribution in [0.3, 0.4) is 0 Å². The van der Waals surface area contributed by atoms with Crippen LogP contribution in [-0.4, -0.2) is 105 Å². The van der Waals surface area contributed by atoms with E-state index in [1.165, 1.54) is 0 Å². The number of aromatic amines is 2. The van der Waals surface area contributed by atoms with Crippen molar-refractivity contribution in [3.05, 3.63) is 95.6 Å². The van der Waals surface area contributed by atoms with Gasteiger partial charge in [0.1, 0.15) is 0 Å². The van der Waals surface area contributed by atoms with Gasteiger partial charge in [0, 0.05) is 151 Å². The lowest BCUT2D eigenvalue weighted by molar-refractivity contribution is 1.30. The molecule has 0 amide bonds. The molecule has 8 bridgehead atoms. The number of hydrogen-bond donors (Lipinski definition) is 14. The predicted octanol–water partition coefficient (Wildman–Crippen LogP) is 11.8. The summed E-state index contributed by atoms with van der Waals surface area (Å²) in [5, 5.41) is 41.5. The standard InChI is InChI=1S/C56H66N16/c1-57-41-17-13-29(49(61-5)53(41)65-9)45-33-21-23-35(69-33)46(30-14-18-42(58-2)54(66-10)50(30)62-6)37-25-27-39(71-37)48(32-16-20-44(60-4)56(68-12)52(32)64-8)40-28-26-38(72-40)47(36-24-22-34(45)70-36)31-15-19-43(59-3)55(67-11)51(31)63-7/h13-28,57-69,72H,1-12H3. The van der Waals surface area contributed by atoms with Crippen LogP contribution in [0.25, 0.3) is 90.9 Å². The van der Waals surface area contributed by atoms with Crippen LogP contribution in [0.1, 0.15) is 22.8 Å². The van der Waals surface area contributed by atoms with E-state index in [0.29, 0.717) is 0 Å². The third-order valence-electron chi connectivity index (χ3n) is 13.7. The number of fused-ring (bicyclic) bond motifs is 8. The monoisotopic (exact) mass is 963 g/mol. The highest BCUT2D eigenvalue weighted by Crippen LogP contribution is 2.48. The van der Waals surface area contributed by atoms with Crippen molar-refractivity contribution in [3.63, 3.8) is 0 Å². The lowest BCUT2D eigenvalue weighted by Crippen LogP contribution is -2.04. The molecule has 0 aliphatic carbocycles. The molecule has 370 valence electrons. The summed E-state index contributed by atoms with van der Waals surface area (Å²) in [6.45, 7) is 0. The molecule has 9 rings (SSSR count). The van der Waals surface area contributed by atoms with Gasteiger partial charge in [-0.15, -0.1) is 0 Å². The Bertz CT molecular complexity index is 3020. The number of H-pyrrole nitrogens is 2. The second kappa shape index (κ2) is 20.2. The average Bonchev–Trinajstić information content (AvgIpc) is 4.28. The van der Waals surface area contributed by atoms with Gasteiger partial charge in [0.25, 0.3) is 0 Å². The molecule has 2 aliphatic rings. The molecule has 3 aromatic heterocycles. The van der Waals surface area contributed by atoms with Gasteiger partial charge >= 0.3 is 0 Å². The fourth-order valence-corrected chi connectivity index (χ4v) is 10.5. The van der Waals surface area contributed by atoms with Crippen LogP contribution in [0.15, 0.2) is 72.8 Å². The summed E-state index contributed by atoms with van der Waals surface area (Å²) >= 11 is 0. The summed E-state index contributed by atoms with van der Waals surface area (Å²) in [5.41, 5.74) is 25.4. The van der Waals surface area contributed by atoms with E-state index in [2.05, 4.69) is 171 Å². The third kappa shape index (κ3) is 7.90. The highest BCUT2D eigenvalue weighted by Gasteiger charge is 2.25. The summed E-state index contributed by atoms with van der Waals surface area (Å²) in [6.07, 6.45) is 8.50. The molecule has 0 radical (unpaired) electrons. The van der Waals surface area contributed by atoms with Crippen LogP contribution in [0, 0.1) is 0 Å². The molecule has 0 saturated heterocycles. The Morgan fingerprint density at radius 2 is 0.458 bits per heavy atom. The van der Waals surface area contributed by atoms with Gasteiger partial charge in [-0.2, -0.15) is 0 Å². The van der Waals surface area contributed by atoms with Gasteiger partial charge < -0.3 is 73.8 Å². The van der Waals surface area contributed by atoms with E-state index in [9.17, 15) is 0 Å². The maximum Gasteiger partial charge on any atom is 0.0815 e. The van der Waals surface area contributed by atoms with Crippen LogP contribution >= 0.6 is 0 Å². The molecule has 4 aromatic carbocycles. The van der Waals surface area contributed by atoms with Gasteiger partial charge in [-0.1, -0.05) is 0 Å². The Balaban J connectivity index is 1.54. The molecular weight excluding hydrogens is 897 g/mol. The molecular formula is C56H66N16. The van der Waals surface area contributed by atoms with Crippen molar-refractivity contribution in [3.8, 4) is 44.5 Å². The number of nitrogens with one attached hydrogen (secondary N) is 14. The first-order valence-corrected chi connectivity index (χ1v) is 24.2. The topological polar surface area (TPSA) is 202 Å². The maximum absolute atomic E-state index is 5.66. The van der Waals surface area contributed by atoms with Gasteiger partial charge in [-0.05, 0) is 97.1 Å². The SMILES string of the molecule is CNc1ccc(-c2c3nc(c(-c4ccc(NC)c(NC)c4NC)c4ccc([nH]4)c(-c4ccc(NC)c(NC)c4NC)c4nc(c(-c5ccc(NC)c(NC)c5NC)c5ccc2[nH]5)C=C4)C=C3)c(NC)c1NC. The van der Waals surface area contributed by atoms with Crippen LogP contribution < -0.4 is 63.8 Å². The molecule has 14 N–H and O–H groups in total. The zero-order valence-electron chi connectivity index (χ0n) is 43.1. The second-order valence-electron chi connectivity index (χ2n) is 17.1. The summed E-state index contributed by atoms with van der Waals surface area (Å²) < 4.78 is 0. The van der Waals surface area contributed by atoms with Gasteiger partial charge in [0.15, 0.2) is 0 Å². The fraction of sp³-hybridized carbons (Fsp3) is 0.214. The first-order chi connectivity index (χ1) is 35.2. The Kier molecular flexibility index (Phi) is 13.5. The molecule has 0 unspecified atom stereocenters. The predicted molar refractivity (Wildman–Crippen MR) is 315 cm³/mol. The smallest absolute Gasteiger partial charge is 0.0815 e. The number of benzene rings is 4. The lowest BCUT2D eigenvalue weighted by Gasteiger charge is -2.19. The Morgan fingerprint density at radius 3 is 0.639 bits per heavy atom. The molecule has 0 atom stereocenters. The summed E-state index contributed by atoms with van der Waals surface area (Å²) in [5.74, 6) is 0. The number of nitrogens with zero attached hydrogens (tertiary/aromatic N) is 2. The van der Waals surface area contributed by atoms with Gasteiger partial charge in [0.05, 0.1) is 91.0 Å². The van der Waals surface area contributed by atoms with Crippen molar-refractivity contribution in [1.29, 1.82) is 0 Å². The maximum atomic E-state index is 5.66. The molecule has 2 aliphatic heterocycles. The first kappa shape index (κ1) is 48.1. The van der Waals surface area contributed by atoms with Gasteiger partial charge in [0.2, 0.25) is 0 Å². The van der Waals surface area contributed by atoms with E-state index in [0.717, 1.165) is 158 Å². The fourth-order valence-electron chi connectivity index (χ4n) is 10.5. The number of anilines is 12. The van der Waals surface area contributed by atoms with Crippen molar-refractivity contribution >= 4 is 115 Å². The van der Waals surface area contributed by atoms with Crippen molar-refractivity contribution in [2.75, 3.05) is 148 Å². The molecule has 0 saturated carbocycles. The van der Waals surface area contributed by atoms with Crippen molar-refractivity contribution in [2.45, 2.75) is 0 Å². The largest absolute Gasteiger partial charge is 0.386 e. The van der Waals surface area contributed by atoms with Crippen molar-refractivity contribution in [2.24, 2.45) is 0 Å². The van der Waals surface area contributed by atoms with E-state index >= 15 is 0 Å².